The minimum absolute atomic E-state index is 0.0392. The van der Waals surface area contributed by atoms with Gasteiger partial charge < -0.3 is 19.9 Å². The van der Waals surface area contributed by atoms with Crippen molar-refractivity contribution in [2.24, 2.45) is 11.7 Å². The van der Waals surface area contributed by atoms with Crippen molar-refractivity contribution in [3.63, 3.8) is 0 Å². The minimum Gasteiger partial charge on any atom is -0.432 e. The molecule has 2 N–H and O–H groups in total. The van der Waals surface area contributed by atoms with E-state index in [1.807, 2.05) is 0 Å². The number of carbonyl (C=O) groups is 1. The van der Waals surface area contributed by atoms with Crippen LogP contribution in [0.5, 0.6) is 0 Å². The molecule has 1 aliphatic rings. The van der Waals surface area contributed by atoms with Crippen LogP contribution < -0.4 is 5.73 Å². The number of esters is 1. The van der Waals surface area contributed by atoms with E-state index in [2.05, 4.69) is 32.9 Å². The van der Waals surface area contributed by atoms with E-state index in [9.17, 15) is 4.79 Å². The number of rotatable bonds is 12. The Hall–Kier alpha value is -0.910. The van der Waals surface area contributed by atoms with E-state index >= 15 is 0 Å². The lowest BCUT2D eigenvalue weighted by Gasteiger charge is -2.38. The molecule has 146 valence electrons. The molecule has 0 aliphatic carbocycles. The van der Waals surface area contributed by atoms with E-state index in [0.717, 1.165) is 19.3 Å². The van der Waals surface area contributed by atoms with Crippen LogP contribution in [0.3, 0.4) is 0 Å². The number of unbranched alkanes of at least 4 members (excludes halogenated alkanes) is 5. The van der Waals surface area contributed by atoms with Crippen molar-refractivity contribution in [2.75, 3.05) is 13.2 Å². The highest BCUT2D eigenvalue weighted by molar-refractivity contribution is 5.71. The van der Waals surface area contributed by atoms with Crippen molar-refractivity contribution >= 4 is 5.97 Å². The molecule has 1 fully saturated rings. The van der Waals surface area contributed by atoms with Gasteiger partial charge in [0.15, 0.2) is 0 Å². The van der Waals surface area contributed by atoms with Gasteiger partial charge >= 0.3 is 5.97 Å². The Morgan fingerprint density at radius 3 is 2.64 bits per heavy atom. The monoisotopic (exact) mass is 355 g/mol. The second-order valence-electron chi connectivity index (χ2n) is 6.92. The van der Waals surface area contributed by atoms with Crippen LogP contribution in [0, 0.1) is 5.92 Å². The van der Waals surface area contributed by atoms with Crippen LogP contribution in [0.4, 0.5) is 0 Å². The number of ether oxygens (including phenoxy) is 3. The molecule has 1 saturated heterocycles. The summed E-state index contributed by atoms with van der Waals surface area (Å²) in [6.45, 7) is 6.90. The van der Waals surface area contributed by atoms with Crippen LogP contribution in [0.15, 0.2) is 12.2 Å². The number of nitrogens with two attached hydrogens (primary N) is 1. The summed E-state index contributed by atoms with van der Waals surface area (Å²) < 4.78 is 17.2. The zero-order chi connectivity index (χ0) is 18.5. The van der Waals surface area contributed by atoms with E-state index < -0.39 is 12.3 Å². The summed E-state index contributed by atoms with van der Waals surface area (Å²) in [6.07, 6.45) is 12.6. The Labute approximate surface area is 153 Å². The van der Waals surface area contributed by atoms with Crippen molar-refractivity contribution in [3.05, 3.63) is 12.2 Å². The Balaban J connectivity index is 2.49. The quantitative estimate of drug-likeness (QED) is 0.326. The molecule has 0 bridgehead atoms. The summed E-state index contributed by atoms with van der Waals surface area (Å²) in [7, 11) is 0. The van der Waals surface area contributed by atoms with E-state index in [0.29, 0.717) is 6.61 Å². The summed E-state index contributed by atoms with van der Waals surface area (Å²) in [5, 5.41) is 0. The minimum atomic E-state index is -0.675. The summed E-state index contributed by atoms with van der Waals surface area (Å²) in [5.41, 5.74) is 5.37. The molecule has 0 radical (unpaired) electrons. The van der Waals surface area contributed by atoms with Gasteiger partial charge in [-0.2, -0.15) is 0 Å². The van der Waals surface area contributed by atoms with Crippen molar-refractivity contribution in [2.45, 2.75) is 90.6 Å². The maximum Gasteiger partial charge on any atom is 0.322 e. The molecule has 0 spiro atoms. The molecule has 25 heavy (non-hydrogen) atoms. The fourth-order valence-electron chi connectivity index (χ4n) is 3.08. The van der Waals surface area contributed by atoms with E-state index in [1.165, 1.54) is 32.1 Å². The third-order valence-electron chi connectivity index (χ3n) is 4.50. The van der Waals surface area contributed by atoms with E-state index in [1.54, 1.807) is 0 Å². The summed E-state index contributed by atoms with van der Waals surface area (Å²) >= 11 is 0. The smallest absolute Gasteiger partial charge is 0.322 e. The highest BCUT2D eigenvalue weighted by atomic mass is 16.7. The van der Waals surface area contributed by atoms with Gasteiger partial charge in [-0.1, -0.05) is 58.6 Å². The number of hydrogen-bond donors (Lipinski definition) is 1. The molecule has 1 aliphatic heterocycles. The predicted molar refractivity (Wildman–Crippen MR) is 100 cm³/mol. The molecule has 5 nitrogen and oxygen atoms in total. The van der Waals surface area contributed by atoms with Crippen LogP contribution in [-0.2, 0) is 19.0 Å². The SMILES string of the molecule is CCCCCCC/C=C/C1C[C@H](C)C(OCCC)[C@@H](OC(=O)CN)O1. The van der Waals surface area contributed by atoms with E-state index in [4.69, 9.17) is 19.9 Å². The highest BCUT2D eigenvalue weighted by Crippen LogP contribution is 2.29. The van der Waals surface area contributed by atoms with Crippen LogP contribution >= 0.6 is 0 Å². The lowest BCUT2D eigenvalue weighted by molar-refractivity contribution is -0.249. The highest BCUT2D eigenvalue weighted by Gasteiger charge is 2.38. The fourth-order valence-corrected chi connectivity index (χ4v) is 3.08. The molecule has 0 aromatic rings. The molecule has 1 rings (SSSR count). The molecule has 0 aromatic carbocycles. The molecular weight excluding hydrogens is 318 g/mol. The number of allylic oxidation sites excluding steroid dienone is 1. The van der Waals surface area contributed by atoms with Crippen LogP contribution in [-0.4, -0.2) is 37.6 Å². The van der Waals surface area contributed by atoms with Gasteiger partial charge in [-0.25, -0.2) is 0 Å². The lowest BCUT2D eigenvalue weighted by Crippen LogP contribution is -2.48. The molecule has 0 aromatic heterocycles. The van der Waals surface area contributed by atoms with Crippen LogP contribution in [0.2, 0.25) is 0 Å². The van der Waals surface area contributed by atoms with Crippen molar-refractivity contribution in [1.82, 2.24) is 0 Å². The molecule has 0 saturated carbocycles. The predicted octanol–water partition coefficient (Wildman–Crippen LogP) is 3.95. The topological polar surface area (TPSA) is 70.8 Å². The first-order valence-electron chi connectivity index (χ1n) is 9.95. The van der Waals surface area contributed by atoms with Crippen molar-refractivity contribution < 1.29 is 19.0 Å². The maximum atomic E-state index is 11.6. The lowest BCUT2D eigenvalue weighted by atomic mass is 9.93. The maximum absolute atomic E-state index is 11.6. The second-order valence-corrected chi connectivity index (χ2v) is 6.92. The molecular formula is C20H37NO4. The zero-order valence-corrected chi connectivity index (χ0v) is 16.2. The molecule has 0 amide bonds. The molecule has 2 unspecified atom stereocenters. The van der Waals surface area contributed by atoms with Gasteiger partial charge in [-0.15, -0.1) is 0 Å². The standard InChI is InChI=1S/C20H37NO4/c1-4-6-7-8-9-10-11-12-17-14-16(3)19(23-13-5-2)20(24-17)25-18(22)15-21/h11-12,16-17,19-20H,4-10,13-15,21H2,1-3H3/b12-11+/t16-,17?,19?,20+/m0/s1. The third kappa shape index (κ3) is 8.84. The third-order valence-corrected chi connectivity index (χ3v) is 4.50. The Morgan fingerprint density at radius 2 is 1.96 bits per heavy atom. The van der Waals surface area contributed by atoms with Gasteiger partial charge in [0.05, 0.1) is 12.6 Å². The van der Waals surface area contributed by atoms with Gasteiger partial charge in [-0.05, 0) is 31.6 Å². The summed E-state index contributed by atoms with van der Waals surface area (Å²) in [5.74, 6) is -0.196. The first kappa shape index (κ1) is 22.1. The Kier molecular flexibility index (Phi) is 11.8. The molecule has 4 atom stereocenters. The van der Waals surface area contributed by atoms with Gasteiger partial charge in [0.1, 0.15) is 6.10 Å². The largest absolute Gasteiger partial charge is 0.432 e. The van der Waals surface area contributed by atoms with Gasteiger partial charge in [-0.3, -0.25) is 4.79 Å². The first-order valence-corrected chi connectivity index (χ1v) is 9.95. The number of hydrogen-bond acceptors (Lipinski definition) is 5. The average Bonchev–Trinajstić information content (AvgIpc) is 2.60. The number of carbonyl (C=O) groups excluding carboxylic acids is 1. The van der Waals surface area contributed by atoms with Crippen LogP contribution in [0.1, 0.15) is 72.1 Å². The van der Waals surface area contributed by atoms with Gasteiger partial charge in [0.2, 0.25) is 6.29 Å². The van der Waals surface area contributed by atoms with Crippen LogP contribution in [0.25, 0.3) is 0 Å². The van der Waals surface area contributed by atoms with Crippen molar-refractivity contribution in [3.8, 4) is 0 Å². The van der Waals surface area contributed by atoms with Gasteiger partial charge in [0.25, 0.3) is 0 Å². The second kappa shape index (κ2) is 13.3. The first-order chi connectivity index (χ1) is 12.1. The zero-order valence-electron chi connectivity index (χ0n) is 16.2. The van der Waals surface area contributed by atoms with E-state index in [-0.39, 0.29) is 24.7 Å². The Bertz CT molecular complexity index is 386. The average molecular weight is 356 g/mol. The van der Waals surface area contributed by atoms with Gasteiger partial charge in [0, 0.05) is 6.61 Å². The summed E-state index contributed by atoms with van der Waals surface area (Å²) in [6, 6.07) is 0. The summed E-state index contributed by atoms with van der Waals surface area (Å²) in [4.78, 5) is 11.6. The molecule has 5 heteroatoms. The molecule has 1 heterocycles. The fraction of sp³-hybridized carbons (Fsp3) is 0.850. The Morgan fingerprint density at radius 1 is 1.20 bits per heavy atom. The van der Waals surface area contributed by atoms with Crippen molar-refractivity contribution in [1.29, 1.82) is 0 Å². The normalized spacial score (nSPS) is 26.9.